The fourth-order valence-corrected chi connectivity index (χ4v) is 3.37. The van der Waals surface area contributed by atoms with E-state index in [1.54, 1.807) is 22.8 Å². The molecule has 1 amide bonds. The van der Waals surface area contributed by atoms with Gasteiger partial charge in [-0.15, -0.1) is 0 Å². The van der Waals surface area contributed by atoms with Gasteiger partial charge in [0.1, 0.15) is 5.82 Å². The van der Waals surface area contributed by atoms with Crippen molar-refractivity contribution in [2.24, 2.45) is 0 Å². The van der Waals surface area contributed by atoms with Gasteiger partial charge in [0.2, 0.25) is 5.91 Å². The number of halogens is 1. The lowest BCUT2D eigenvalue weighted by Gasteiger charge is -2.30. The molecule has 2 aromatic rings. The number of amides is 1. The molecule has 2 rings (SSSR count). The molecule has 0 aliphatic heterocycles. The highest BCUT2D eigenvalue weighted by Crippen LogP contribution is 2.23. The maximum absolute atomic E-state index is 12.9. The number of benzene rings is 1. The predicted octanol–water partition coefficient (Wildman–Crippen LogP) is 4.56. The predicted molar refractivity (Wildman–Crippen MR) is 107 cm³/mol. The van der Waals surface area contributed by atoms with Crippen LogP contribution in [0.25, 0.3) is 10.9 Å². The number of hydrogen-bond donors (Lipinski definition) is 0. The second-order valence-corrected chi connectivity index (χ2v) is 6.98. The van der Waals surface area contributed by atoms with Crippen molar-refractivity contribution in [3.63, 3.8) is 0 Å². The number of unbranched alkanes of at least 4 members (excludes halogenated alkanes) is 1. The van der Waals surface area contributed by atoms with E-state index in [0.717, 1.165) is 19.3 Å². The van der Waals surface area contributed by atoms with Gasteiger partial charge in [0, 0.05) is 24.5 Å². The van der Waals surface area contributed by atoms with Gasteiger partial charge in [-0.1, -0.05) is 31.9 Å². The minimum absolute atomic E-state index is 0.111. The quantitative estimate of drug-likeness (QED) is 0.677. The van der Waals surface area contributed by atoms with Crippen molar-refractivity contribution in [3.8, 4) is 0 Å². The third-order valence-electron chi connectivity index (χ3n) is 4.64. The van der Waals surface area contributed by atoms with Crippen LogP contribution in [0.1, 0.15) is 65.2 Å². The maximum atomic E-state index is 12.9. The summed E-state index contributed by atoms with van der Waals surface area (Å²) in [4.78, 5) is 32.2. The first-order chi connectivity index (χ1) is 12.4. The van der Waals surface area contributed by atoms with Gasteiger partial charge >= 0.3 is 0 Å². The van der Waals surface area contributed by atoms with Gasteiger partial charge in [-0.25, -0.2) is 4.98 Å². The molecule has 0 aliphatic carbocycles. The van der Waals surface area contributed by atoms with Crippen LogP contribution in [0.4, 0.5) is 0 Å². The summed E-state index contributed by atoms with van der Waals surface area (Å²) in [6.07, 6.45) is 3.25. The summed E-state index contributed by atoms with van der Waals surface area (Å²) in [5.41, 5.74) is 0.504. The molecule has 0 aliphatic rings. The first-order valence-electron chi connectivity index (χ1n) is 9.43. The Morgan fingerprint density at radius 1 is 1.27 bits per heavy atom. The molecule has 1 heterocycles. The summed E-state index contributed by atoms with van der Waals surface area (Å²) in [6.45, 7) is 9.15. The Bertz CT molecular complexity index is 832. The van der Waals surface area contributed by atoms with Gasteiger partial charge in [0.15, 0.2) is 0 Å². The molecule has 1 aromatic heterocycles. The third kappa shape index (κ3) is 4.26. The van der Waals surface area contributed by atoms with Crippen molar-refractivity contribution in [2.45, 2.75) is 66.0 Å². The normalized spacial score (nSPS) is 12.3. The van der Waals surface area contributed by atoms with Gasteiger partial charge in [0.05, 0.1) is 16.9 Å². The molecule has 0 radical (unpaired) electrons. The van der Waals surface area contributed by atoms with E-state index in [9.17, 15) is 9.59 Å². The lowest BCUT2D eigenvalue weighted by molar-refractivity contribution is -0.133. The van der Waals surface area contributed by atoms with Crippen molar-refractivity contribution >= 4 is 28.4 Å². The highest BCUT2D eigenvalue weighted by atomic mass is 35.5. The smallest absolute Gasteiger partial charge is 0.261 e. The molecule has 1 atom stereocenters. The molecule has 1 unspecified atom stereocenters. The first kappa shape index (κ1) is 20.4. The molecule has 6 heteroatoms. The zero-order valence-corrected chi connectivity index (χ0v) is 16.8. The van der Waals surface area contributed by atoms with E-state index in [1.807, 2.05) is 25.7 Å². The Labute approximate surface area is 160 Å². The zero-order valence-electron chi connectivity index (χ0n) is 16.1. The van der Waals surface area contributed by atoms with Crippen molar-refractivity contribution in [1.82, 2.24) is 14.5 Å². The van der Waals surface area contributed by atoms with E-state index in [2.05, 4.69) is 6.92 Å². The van der Waals surface area contributed by atoms with Gasteiger partial charge in [0.25, 0.3) is 5.56 Å². The van der Waals surface area contributed by atoms with E-state index in [-0.39, 0.29) is 17.5 Å². The average Bonchev–Trinajstić information content (AvgIpc) is 2.62. The van der Waals surface area contributed by atoms with Crippen molar-refractivity contribution in [2.75, 3.05) is 6.54 Å². The molecular formula is C20H28ClN3O2. The highest BCUT2D eigenvalue weighted by molar-refractivity contribution is 6.31. The van der Waals surface area contributed by atoms with E-state index >= 15 is 0 Å². The number of nitrogens with zero attached hydrogens (tertiary/aromatic N) is 3. The molecular weight excluding hydrogens is 350 g/mol. The van der Waals surface area contributed by atoms with Crippen LogP contribution in [0.15, 0.2) is 23.0 Å². The average molecular weight is 378 g/mol. The molecule has 0 N–H and O–H groups in total. The fraction of sp³-hybridized carbons (Fsp3) is 0.550. The van der Waals surface area contributed by atoms with Crippen LogP contribution >= 0.6 is 11.6 Å². The summed E-state index contributed by atoms with van der Waals surface area (Å²) in [5, 5.41) is 1.03. The molecule has 0 spiro atoms. The summed E-state index contributed by atoms with van der Waals surface area (Å²) >= 11 is 6.04. The third-order valence-corrected chi connectivity index (χ3v) is 4.87. The summed E-state index contributed by atoms with van der Waals surface area (Å²) in [6, 6.07) is 4.90. The van der Waals surface area contributed by atoms with Crippen molar-refractivity contribution < 1.29 is 4.79 Å². The lowest BCUT2D eigenvalue weighted by Crippen LogP contribution is -2.38. The summed E-state index contributed by atoms with van der Waals surface area (Å²) in [5.74, 6) is 0.745. The van der Waals surface area contributed by atoms with Gasteiger partial charge in [-0.2, -0.15) is 0 Å². The SMILES string of the molecule is CCCCN(C(=O)CCC)C(C)c1nc2ccc(Cl)cc2c(=O)n1CC. The van der Waals surface area contributed by atoms with E-state index in [1.165, 1.54) is 0 Å². The van der Waals surface area contributed by atoms with Crippen LogP contribution in [0, 0.1) is 0 Å². The number of fused-ring (bicyclic) bond motifs is 1. The molecule has 0 bridgehead atoms. The molecule has 142 valence electrons. The molecule has 5 nitrogen and oxygen atoms in total. The largest absolute Gasteiger partial charge is 0.333 e. The Balaban J connectivity index is 2.56. The van der Waals surface area contributed by atoms with Gasteiger partial charge in [-0.3, -0.25) is 14.2 Å². The molecule has 1 aromatic carbocycles. The Morgan fingerprint density at radius 2 is 2.00 bits per heavy atom. The number of carbonyl (C=O) groups excluding carboxylic acids is 1. The van der Waals surface area contributed by atoms with Crippen LogP contribution in [0.5, 0.6) is 0 Å². The second-order valence-electron chi connectivity index (χ2n) is 6.55. The number of carbonyl (C=O) groups is 1. The molecule has 0 saturated heterocycles. The van der Waals surface area contributed by atoms with Gasteiger partial charge < -0.3 is 4.90 Å². The standard InChI is InChI=1S/C20H28ClN3O2/c1-5-8-12-24(18(25)9-6-2)14(4)19-22-17-11-10-15(21)13-16(17)20(26)23(19)7-3/h10-11,13-14H,5-9,12H2,1-4H3. The van der Waals surface area contributed by atoms with Crippen LogP contribution < -0.4 is 5.56 Å². The molecule has 26 heavy (non-hydrogen) atoms. The number of aromatic nitrogens is 2. The Kier molecular flexibility index (Phi) is 7.21. The van der Waals surface area contributed by atoms with Crippen LogP contribution in [-0.2, 0) is 11.3 Å². The minimum Gasteiger partial charge on any atom is -0.333 e. The highest BCUT2D eigenvalue weighted by Gasteiger charge is 2.25. The maximum Gasteiger partial charge on any atom is 0.261 e. The van der Waals surface area contributed by atoms with E-state index in [0.29, 0.717) is 41.3 Å². The molecule has 0 fully saturated rings. The topological polar surface area (TPSA) is 55.2 Å². The van der Waals surface area contributed by atoms with Crippen LogP contribution in [0.3, 0.4) is 0 Å². The van der Waals surface area contributed by atoms with Gasteiger partial charge in [-0.05, 0) is 44.9 Å². The number of rotatable bonds is 8. The zero-order chi connectivity index (χ0) is 19.3. The second kappa shape index (κ2) is 9.17. The van der Waals surface area contributed by atoms with E-state index in [4.69, 9.17) is 16.6 Å². The molecule has 0 saturated carbocycles. The van der Waals surface area contributed by atoms with Crippen molar-refractivity contribution in [1.29, 1.82) is 0 Å². The fourth-order valence-electron chi connectivity index (χ4n) is 3.19. The Morgan fingerprint density at radius 3 is 2.62 bits per heavy atom. The van der Waals surface area contributed by atoms with E-state index < -0.39 is 0 Å². The summed E-state index contributed by atoms with van der Waals surface area (Å²) in [7, 11) is 0. The summed E-state index contributed by atoms with van der Waals surface area (Å²) < 4.78 is 1.65. The Hall–Kier alpha value is -1.88. The van der Waals surface area contributed by atoms with Crippen molar-refractivity contribution in [3.05, 3.63) is 39.4 Å². The lowest BCUT2D eigenvalue weighted by atomic mass is 10.1. The van der Waals surface area contributed by atoms with Crippen LogP contribution in [-0.4, -0.2) is 26.9 Å². The van der Waals surface area contributed by atoms with Crippen LogP contribution in [0.2, 0.25) is 5.02 Å². The first-order valence-corrected chi connectivity index (χ1v) is 9.81. The minimum atomic E-state index is -0.256. The monoisotopic (exact) mass is 377 g/mol. The number of hydrogen-bond acceptors (Lipinski definition) is 3.